The molecule has 158 valence electrons. The number of ketones is 1. The molecule has 0 N–H and O–H groups in total. The first-order valence-electron chi connectivity index (χ1n) is 12.3. The molecule has 0 spiro atoms. The number of fused-ring (bicyclic) bond motifs is 5. The summed E-state index contributed by atoms with van der Waals surface area (Å²) in [5, 5.41) is 0. The Bertz CT molecular complexity index is 839. The largest absolute Gasteiger partial charge is 0.299 e. The number of carbonyl (C=O) groups excluding carboxylic acids is 1. The van der Waals surface area contributed by atoms with E-state index in [2.05, 4.69) is 52.8 Å². The van der Waals surface area contributed by atoms with Crippen molar-refractivity contribution in [3.8, 4) is 0 Å². The summed E-state index contributed by atoms with van der Waals surface area (Å²) in [6, 6.07) is 7.21. The van der Waals surface area contributed by atoms with E-state index in [4.69, 9.17) is 0 Å². The van der Waals surface area contributed by atoms with Crippen LogP contribution < -0.4 is 0 Å². The molecule has 0 saturated heterocycles. The molecule has 4 saturated carbocycles. The fourth-order valence-corrected chi connectivity index (χ4v) is 8.60. The van der Waals surface area contributed by atoms with Crippen molar-refractivity contribution in [1.29, 1.82) is 0 Å². The summed E-state index contributed by atoms with van der Waals surface area (Å²) >= 11 is 0. The molecule has 4 aliphatic rings. The van der Waals surface area contributed by atoms with Crippen LogP contribution in [-0.4, -0.2) is 5.78 Å². The molecule has 0 radical (unpaired) electrons. The molecule has 2 unspecified atom stereocenters. The Kier molecular flexibility index (Phi) is 4.41. The van der Waals surface area contributed by atoms with Crippen LogP contribution in [0.2, 0.25) is 0 Å². The molecule has 1 heteroatoms. The molecular weight excluding hydrogens is 352 g/mol. The van der Waals surface area contributed by atoms with Gasteiger partial charge in [-0.3, -0.25) is 4.79 Å². The fraction of sp³-hybridized carbons (Fsp3) is 0.750. The van der Waals surface area contributed by atoms with Gasteiger partial charge in [-0.15, -0.1) is 0 Å². The summed E-state index contributed by atoms with van der Waals surface area (Å²) in [6.07, 6.45) is 11.3. The summed E-state index contributed by atoms with van der Waals surface area (Å²) in [7, 11) is 0. The van der Waals surface area contributed by atoms with Gasteiger partial charge in [0.05, 0.1) is 0 Å². The highest BCUT2D eigenvalue weighted by atomic mass is 16.1. The van der Waals surface area contributed by atoms with Gasteiger partial charge in [0.2, 0.25) is 0 Å². The molecule has 5 rings (SSSR count). The van der Waals surface area contributed by atoms with E-state index in [1.54, 1.807) is 5.56 Å². The van der Waals surface area contributed by atoms with Crippen LogP contribution >= 0.6 is 0 Å². The zero-order valence-corrected chi connectivity index (χ0v) is 19.3. The lowest BCUT2D eigenvalue weighted by Crippen LogP contribution is -2.55. The minimum atomic E-state index is 0.0208. The van der Waals surface area contributed by atoms with Crippen LogP contribution in [0.5, 0.6) is 0 Å². The molecule has 29 heavy (non-hydrogen) atoms. The average Bonchev–Trinajstić information content (AvgIpc) is 2.99. The summed E-state index contributed by atoms with van der Waals surface area (Å²) < 4.78 is 0. The van der Waals surface area contributed by atoms with E-state index in [1.165, 1.54) is 56.1 Å². The smallest absolute Gasteiger partial charge is 0.139 e. The van der Waals surface area contributed by atoms with Crippen molar-refractivity contribution >= 4 is 5.78 Å². The van der Waals surface area contributed by atoms with Crippen LogP contribution in [0, 0.1) is 48.3 Å². The highest BCUT2D eigenvalue weighted by Crippen LogP contribution is 2.67. The molecule has 0 bridgehead atoms. The Morgan fingerprint density at radius 1 is 0.862 bits per heavy atom. The molecule has 0 amide bonds. The van der Waals surface area contributed by atoms with Crippen LogP contribution in [0.1, 0.15) is 95.2 Å². The molecule has 0 aliphatic heterocycles. The average molecular weight is 393 g/mol. The molecular formula is C28H40O. The van der Waals surface area contributed by atoms with E-state index in [9.17, 15) is 4.79 Å². The maximum Gasteiger partial charge on any atom is 0.139 e. The number of aryl methyl sites for hydroxylation is 2. The van der Waals surface area contributed by atoms with Crippen molar-refractivity contribution in [2.75, 3.05) is 0 Å². The molecule has 4 fully saturated rings. The maximum atomic E-state index is 12.7. The van der Waals surface area contributed by atoms with Gasteiger partial charge in [0.25, 0.3) is 0 Å². The second kappa shape index (κ2) is 6.44. The standard InChI is InChI=1S/C28H40O/c1-18-6-7-20(16-19(18)2)26(3)14-15-27(4)21(17-26)8-9-22-23-10-11-25(29)28(23,5)13-12-24(22)27/h6-7,16,21-24H,8-15,17H2,1-5H3/t21?,22-,23-,24-,26?,27-,28-/m0/s1. The molecule has 1 nitrogen and oxygen atoms in total. The molecule has 0 aromatic heterocycles. The number of hydrogen-bond donors (Lipinski definition) is 0. The number of carbonyl (C=O) groups is 1. The van der Waals surface area contributed by atoms with Gasteiger partial charge in [0, 0.05) is 11.8 Å². The van der Waals surface area contributed by atoms with E-state index in [-0.39, 0.29) is 5.41 Å². The van der Waals surface area contributed by atoms with Crippen LogP contribution in [0.15, 0.2) is 18.2 Å². The molecule has 0 heterocycles. The number of rotatable bonds is 1. The molecule has 1 aromatic rings. The number of Topliss-reactive ketones (excluding diaryl/α,β-unsaturated/α-hetero) is 1. The van der Waals surface area contributed by atoms with E-state index in [1.807, 2.05) is 0 Å². The van der Waals surface area contributed by atoms with Gasteiger partial charge in [-0.2, -0.15) is 0 Å². The zero-order chi connectivity index (χ0) is 20.6. The van der Waals surface area contributed by atoms with E-state index in [0.29, 0.717) is 22.5 Å². The summed E-state index contributed by atoms with van der Waals surface area (Å²) in [6.45, 7) is 12.0. The van der Waals surface area contributed by atoms with Gasteiger partial charge in [-0.1, -0.05) is 39.0 Å². The van der Waals surface area contributed by atoms with Crippen molar-refractivity contribution in [3.05, 3.63) is 34.9 Å². The Labute approximate surface area is 178 Å². The van der Waals surface area contributed by atoms with Crippen molar-refractivity contribution in [3.63, 3.8) is 0 Å². The third-order valence-corrected chi connectivity index (χ3v) is 10.9. The quantitative estimate of drug-likeness (QED) is 0.495. The van der Waals surface area contributed by atoms with Crippen molar-refractivity contribution in [1.82, 2.24) is 0 Å². The maximum absolute atomic E-state index is 12.7. The van der Waals surface area contributed by atoms with Crippen molar-refractivity contribution in [2.45, 2.75) is 97.8 Å². The Balaban J connectivity index is 1.41. The monoisotopic (exact) mass is 392 g/mol. The van der Waals surface area contributed by atoms with Crippen LogP contribution in [0.3, 0.4) is 0 Å². The van der Waals surface area contributed by atoms with E-state index in [0.717, 1.165) is 30.6 Å². The molecule has 1 aromatic carbocycles. The van der Waals surface area contributed by atoms with Crippen molar-refractivity contribution < 1.29 is 4.79 Å². The first kappa shape index (κ1) is 19.8. The lowest BCUT2D eigenvalue weighted by atomic mass is 9.43. The summed E-state index contributed by atoms with van der Waals surface area (Å²) in [4.78, 5) is 12.7. The highest BCUT2D eigenvalue weighted by molar-refractivity contribution is 5.87. The predicted octanol–water partition coefficient (Wildman–Crippen LogP) is 7.17. The zero-order valence-electron chi connectivity index (χ0n) is 19.3. The highest BCUT2D eigenvalue weighted by Gasteiger charge is 2.61. The van der Waals surface area contributed by atoms with Gasteiger partial charge < -0.3 is 0 Å². The predicted molar refractivity (Wildman–Crippen MR) is 120 cm³/mol. The second-order valence-electron chi connectivity index (χ2n) is 12.1. The lowest BCUT2D eigenvalue weighted by Gasteiger charge is -2.61. The normalized spacial score (nSPS) is 46.7. The Morgan fingerprint density at radius 2 is 1.66 bits per heavy atom. The topological polar surface area (TPSA) is 17.1 Å². The fourth-order valence-electron chi connectivity index (χ4n) is 8.60. The first-order valence-corrected chi connectivity index (χ1v) is 12.3. The molecule has 7 atom stereocenters. The van der Waals surface area contributed by atoms with Gasteiger partial charge >= 0.3 is 0 Å². The Hall–Kier alpha value is -1.11. The van der Waals surface area contributed by atoms with Gasteiger partial charge in [0.1, 0.15) is 5.78 Å². The van der Waals surface area contributed by atoms with E-state index < -0.39 is 0 Å². The van der Waals surface area contributed by atoms with Crippen molar-refractivity contribution in [2.24, 2.45) is 34.5 Å². The first-order chi connectivity index (χ1) is 13.7. The third kappa shape index (κ3) is 2.75. The lowest BCUT2D eigenvalue weighted by molar-refractivity contribution is -0.140. The third-order valence-electron chi connectivity index (χ3n) is 10.9. The molecule has 4 aliphatic carbocycles. The Morgan fingerprint density at radius 3 is 2.41 bits per heavy atom. The van der Waals surface area contributed by atoms with Crippen LogP contribution in [0.4, 0.5) is 0 Å². The SMILES string of the molecule is Cc1ccc(C2(C)CC[C@@]3(C)C(CC[C@@H]4[C@@H]3CC[C@]3(C)C(=O)CC[C@@H]43)C2)cc1C. The number of benzene rings is 1. The van der Waals surface area contributed by atoms with Crippen LogP contribution in [0.25, 0.3) is 0 Å². The van der Waals surface area contributed by atoms with Gasteiger partial charge in [0.15, 0.2) is 0 Å². The minimum Gasteiger partial charge on any atom is -0.299 e. The summed E-state index contributed by atoms with van der Waals surface area (Å²) in [5.41, 5.74) is 5.28. The van der Waals surface area contributed by atoms with Gasteiger partial charge in [-0.05, 0) is 116 Å². The van der Waals surface area contributed by atoms with Crippen LogP contribution in [-0.2, 0) is 10.2 Å². The van der Waals surface area contributed by atoms with E-state index >= 15 is 0 Å². The minimum absolute atomic E-state index is 0.0208. The number of hydrogen-bond acceptors (Lipinski definition) is 1. The summed E-state index contributed by atoms with van der Waals surface area (Å²) in [5.74, 6) is 3.78. The second-order valence-corrected chi connectivity index (χ2v) is 12.1. The van der Waals surface area contributed by atoms with Gasteiger partial charge in [-0.25, -0.2) is 0 Å².